The van der Waals surface area contributed by atoms with Crippen molar-refractivity contribution >= 4 is 0 Å². The molecule has 1 fully saturated rings. The maximum absolute atomic E-state index is 5.54. The van der Waals surface area contributed by atoms with Gasteiger partial charge in [-0.1, -0.05) is 0 Å². The quantitative estimate of drug-likeness (QED) is 0.640. The highest BCUT2D eigenvalue weighted by molar-refractivity contribution is 4.82. The molecule has 1 saturated carbocycles. The van der Waals surface area contributed by atoms with E-state index in [2.05, 4.69) is 12.2 Å². The minimum Gasteiger partial charge on any atom is -0.377 e. The molecule has 1 aliphatic carbocycles. The fraction of sp³-hybridized carbons (Fsp3) is 1.00. The van der Waals surface area contributed by atoms with Crippen molar-refractivity contribution in [3.63, 3.8) is 0 Å². The van der Waals surface area contributed by atoms with E-state index in [1.165, 1.54) is 19.3 Å². The molecule has 0 aromatic carbocycles. The lowest BCUT2D eigenvalue weighted by molar-refractivity contribution is 0.0507. The summed E-state index contributed by atoms with van der Waals surface area (Å²) in [6.45, 7) is 2.91. The van der Waals surface area contributed by atoms with E-state index in [0.29, 0.717) is 12.1 Å². The van der Waals surface area contributed by atoms with E-state index in [4.69, 9.17) is 4.74 Å². The average Bonchev–Trinajstić information content (AvgIpc) is 2.36. The minimum atomic E-state index is 0.481. The first kappa shape index (κ1) is 8.02. The number of likely N-dealkylation sites (N-methyl/N-ethyl adjacent to an activating group) is 1. The van der Waals surface area contributed by atoms with Crippen LogP contribution < -0.4 is 5.32 Å². The number of ether oxygens (including phenoxy) is 1. The van der Waals surface area contributed by atoms with Crippen molar-refractivity contribution < 1.29 is 4.74 Å². The third kappa shape index (κ3) is 1.70. The molecule has 60 valence electrons. The molecule has 1 N–H and O–H groups in total. The number of hydrogen-bond donors (Lipinski definition) is 1. The zero-order chi connectivity index (χ0) is 7.40. The Bertz CT molecular complexity index is 95.3. The molecule has 0 heterocycles. The highest BCUT2D eigenvalue weighted by Crippen LogP contribution is 2.21. The first-order chi connectivity index (χ1) is 4.88. The number of hydrogen-bond acceptors (Lipinski definition) is 2. The first-order valence-electron chi connectivity index (χ1n) is 4.17. The minimum absolute atomic E-state index is 0.481. The van der Waals surface area contributed by atoms with Crippen LogP contribution in [0, 0.1) is 0 Å². The average molecular weight is 143 g/mol. The lowest BCUT2D eigenvalue weighted by Crippen LogP contribution is -2.34. The van der Waals surface area contributed by atoms with E-state index >= 15 is 0 Å². The Morgan fingerprint density at radius 3 is 2.90 bits per heavy atom. The lowest BCUT2D eigenvalue weighted by atomic mass is 10.2. The van der Waals surface area contributed by atoms with Gasteiger partial charge in [-0.15, -0.1) is 0 Å². The summed E-state index contributed by atoms with van der Waals surface area (Å²) in [7, 11) is 2.02. The van der Waals surface area contributed by atoms with Crippen molar-refractivity contribution in [2.24, 2.45) is 0 Å². The van der Waals surface area contributed by atoms with Gasteiger partial charge in [-0.2, -0.15) is 0 Å². The molecule has 0 saturated heterocycles. The maximum atomic E-state index is 5.54. The monoisotopic (exact) mass is 143 g/mol. The molecule has 1 rings (SSSR count). The van der Waals surface area contributed by atoms with Crippen molar-refractivity contribution in [1.29, 1.82) is 0 Å². The molecule has 1 aliphatic rings. The molecule has 10 heavy (non-hydrogen) atoms. The van der Waals surface area contributed by atoms with Crippen LogP contribution in [-0.4, -0.2) is 25.8 Å². The third-order valence-corrected chi connectivity index (χ3v) is 2.20. The smallest absolute Gasteiger partial charge is 0.0727 e. The zero-order valence-electron chi connectivity index (χ0n) is 6.89. The summed E-state index contributed by atoms with van der Waals surface area (Å²) < 4.78 is 5.54. The van der Waals surface area contributed by atoms with Gasteiger partial charge in [0.2, 0.25) is 0 Å². The molecule has 0 bridgehead atoms. The second kappa shape index (κ2) is 3.94. The van der Waals surface area contributed by atoms with Gasteiger partial charge in [0.15, 0.2) is 0 Å². The molecular formula is C8H17NO. The normalized spacial score (nSPS) is 33.0. The van der Waals surface area contributed by atoms with E-state index in [0.717, 1.165) is 6.61 Å². The van der Waals surface area contributed by atoms with Gasteiger partial charge in [-0.05, 0) is 33.2 Å². The molecule has 0 aromatic heterocycles. The summed E-state index contributed by atoms with van der Waals surface area (Å²) in [6, 6.07) is 0.611. The Hall–Kier alpha value is -0.0800. The van der Waals surface area contributed by atoms with E-state index < -0.39 is 0 Å². The second-order valence-electron chi connectivity index (χ2n) is 2.82. The van der Waals surface area contributed by atoms with Gasteiger partial charge in [0, 0.05) is 12.6 Å². The van der Waals surface area contributed by atoms with Crippen LogP contribution in [0.25, 0.3) is 0 Å². The first-order valence-corrected chi connectivity index (χ1v) is 4.17. The Morgan fingerprint density at radius 2 is 2.30 bits per heavy atom. The fourth-order valence-corrected chi connectivity index (χ4v) is 1.67. The zero-order valence-corrected chi connectivity index (χ0v) is 6.89. The van der Waals surface area contributed by atoms with Gasteiger partial charge in [0.05, 0.1) is 6.10 Å². The van der Waals surface area contributed by atoms with Crippen LogP contribution in [0.3, 0.4) is 0 Å². The van der Waals surface area contributed by atoms with Crippen LogP contribution in [0.5, 0.6) is 0 Å². The van der Waals surface area contributed by atoms with Crippen LogP contribution >= 0.6 is 0 Å². The van der Waals surface area contributed by atoms with E-state index in [9.17, 15) is 0 Å². The molecule has 0 spiro atoms. The highest BCUT2D eigenvalue weighted by Gasteiger charge is 2.25. The van der Waals surface area contributed by atoms with Crippen LogP contribution in [-0.2, 0) is 4.74 Å². The SMILES string of the molecule is CCO[C@H]1CCC[C@@H]1NC. The van der Waals surface area contributed by atoms with Gasteiger partial charge < -0.3 is 10.1 Å². The van der Waals surface area contributed by atoms with Crippen LogP contribution in [0.15, 0.2) is 0 Å². The summed E-state index contributed by atoms with van der Waals surface area (Å²) in [4.78, 5) is 0. The van der Waals surface area contributed by atoms with Crippen molar-refractivity contribution in [3.05, 3.63) is 0 Å². The molecule has 0 amide bonds. The standard InChI is InChI=1S/C8H17NO/c1-3-10-8-6-4-5-7(8)9-2/h7-9H,3-6H2,1-2H3/t7-,8-/m0/s1. The molecule has 2 heteroatoms. The second-order valence-corrected chi connectivity index (χ2v) is 2.82. The van der Waals surface area contributed by atoms with Crippen LogP contribution in [0.1, 0.15) is 26.2 Å². The Kier molecular flexibility index (Phi) is 3.16. The summed E-state index contributed by atoms with van der Waals surface area (Å²) in [6.07, 6.45) is 4.31. The summed E-state index contributed by atoms with van der Waals surface area (Å²) in [5, 5.41) is 3.27. The predicted octanol–water partition coefficient (Wildman–Crippen LogP) is 1.16. The molecule has 0 aliphatic heterocycles. The van der Waals surface area contributed by atoms with E-state index in [-0.39, 0.29) is 0 Å². The van der Waals surface area contributed by atoms with Crippen molar-refractivity contribution in [2.45, 2.75) is 38.3 Å². The Balaban J connectivity index is 2.27. The largest absolute Gasteiger partial charge is 0.377 e. The van der Waals surface area contributed by atoms with Gasteiger partial charge in [0.25, 0.3) is 0 Å². The van der Waals surface area contributed by atoms with E-state index in [1.807, 2.05) is 7.05 Å². The van der Waals surface area contributed by atoms with Crippen molar-refractivity contribution in [1.82, 2.24) is 5.32 Å². The molecule has 2 nitrogen and oxygen atoms in total. The van der Waals surface area contributed by atoms with Gasteiger partial charge in [-0.3, -0.25) is 0 Å². The predicted molar refractivity (Wildman–Crippen MR) is 42.1 cm³/mol. The van der Waals surface area contributed by atoms with Crippen LogP contribution in [0.2, 0.25) is 0 Å². The number of nitrogens with one attached hydrogen (secondary N) is 1. The van der Waals surface area contributed by atoms with Crippen molar-refractivity contribution in [3.8, 4) is 0 Å². The maximum Gasteiger partial charge on any atom is 0.0727 e. The highest BCUT2D eigenvalue weighted by atomic mass is 16.5. The molecule has 0 unspecified atom stereocenters. The summed E-state index contributed by atoms with van der Waals surface area (Å²) in [5.41, 5.74) is 0. The van der Waals surface area contributed by atoms with Crippen LogP contribution in [0.4, 0.5) is 0 Å². The molecule has 0 radical (unpaired) electrons. The van der Waals surface area contributed by atoms with Gasteiger partial charge in [0.1, 0.15) is 0 Å². The van der Waals surface area contributed by atoms with Gasteiger partial charge in [-0.25, -0.2) is 0 Å². The van der Waals surface area contributed by atoms with Gasteiger partial charge >= 0.3 is 0 Å². The molecule has 2 atom stereocenters. The summed E-state index contributed by atoms with van der Waals surface area (Å²) in [5.74, 6) is 0. The lowest BCUT2D eigenvalue weighted by Gasteiger charge is -2.18. The molecular weight excluding hydrogens is 126 g/mol. The fourth-order valence-electron chi connectivity index (χ4n) is 1.67. The Morgan fingerprint density at radius 1 is 1.50 bits per heavy atom. The summed E-state index contributed by atoms with van der Waals surface area (Å²) >= 11 is 0. The third-order valence-electron chi connectivity index (χ3n) is 2.20. The van der Waals surface area contributed by atoms with Crippen molar-refractivity contribution in [2.75, 3.05) is 13.7 Å². The Labute approximate surface area is 63.0 Å². The molecule has 0 aromatic rings. The van der Waals surface area contributed by atoms with E-state index in [1.54, 1.807) is 0 Å². The topological polar surface area (TPSA) is 21.3 Å². The number of rotatable bonds is 3.